The van der Waals surface area contributed by atoms with Crippen molar-refractivity contribution in [1.82, 2.24) is 0 Å². The van der Waals surface area contributed by atoms with E-state index in [0.29, 0.717) is 11.8 Å². The Kier molecular flexibility index (Phi) is 5.40. The van der Waals surface area contributed by atoms with Crippen LogP contribution in [0.15, 0.2) is 0 Å². The van der Waals surface area contributed by atoms with Gasteiger partial charge in [-0.2, -0.15) is 0 Å². The summed E-state index contributed by atoms with van der Waals surface area (Å²) >= 11 is 5.52. The monoisotopic (exact) mass is 164 g/mol. The van der Waals surface area contributed by atoms with Gasteiger partial charge >= 0.3 is 5.97 Å². The minimum Gasteiger partial charge on any atom is -0.481 e. The maximum absolute atomic E-state index is 10.0. The van der Waals surface area contributed by atoms with Crippen molar-refractivity contribution in [2.75, 3.05) is 5.88 Å². The maximum Gasteiger partial charge on any atom is 0.303 e. The molecule has 2 nitrogen and oxygen atoms in total. The van der Waals surface area contributed by atoms with Gasteiger partial charge in [0.25, 0.3) is 0 Å². The van der Waals surface area contributed by atoms with Crippen molar-refractivity contribution in [3.63, 3.8) is 0 Å². The van der Waals surface area contributed by atoms with Gasteiger partial charge in [0.15, 0.2) is 0 Å². The second kappa shape index (κ2) is 5.54. The zero-order valence-electron chi connectivity index (χ0n) is 6.14. The second-order valence-electron chi connectivity index (χ2n) is 2.55. The standard InChI is InChI=1S/C7H13ClO2/c1-6(5-8)3-2-4-7(9)10/h6H,2-5H2,1H3,(H,9,10). The summed E-state index contributed by atoms with van der Waals surface area (Å²) in [6.07, 6.45) is 1.92. The van der Waals surface area contributed by atoms with E-state index >= 15 is 0 Å². The highest BCUT2D eigenvalue weighted by atomic mass is 35.5. The molecule has 0 aromatic heterocycles. The van der Waals surface area contributed by atoms with E-state index in [1.54, 1.807) is 0 Å². The Labute approximate surface area is 66.2 Å². The fourth-order valence-electron chi connectivity index (χ4n) is 0.679. The Bertz CT molecular complexity index is 104. The molecule has 0 amide bonds. The molecule has 0 bridgehead atoms. The van der Waals surface area contributed by atoms with Crippen molar-refractivity contribution in [3.05, 3.63) is 0 Å². The predicted molar refractivity (Wildman–Crippen MR) is 41.4 cm³/mol. The second-order valence-corrected chi connectivity index (χ2v) is 2.85. The lowest BCUT2D eigenvalue weighted by molar-refractivity contribution is -0.137. The Hall–Kier alpha value is -0.240. The fraction of sp³-hybridized carbons (Fsp3) is 0.857. The van der Waals surface area contributed by atoms with Crippen LogP contribution in [0.5, 0.6) is 0 Å². The number of hydrogen-bond donors (Lipinski definition) is 1. The molecule has 0 aromatic rings. The highest BCUT2D eigenvalue weighted by Gasteiger charge is 2.01. The first-order valence-corrected chi connectivity index (χ1v) is 3.98. The summed E-state index contributed by atoms with van der Waals surface area (Å²) < 4.78 is 0. The van der Waals surface area contributed by atoms with Crippen molar-refractivity contribution in [3.8, 4) is 0 Å². The van der Waals surface area contributed by atoms with E-state index in [1.807, 2.05) is 6.92 Å². The largest absolute Gasteiger partial charge is 0.481 e. The zero-order chi connectivity index (χ0) is 7.98. The summed E-state index contributed by atoms with van der Waals surface area (Å²) in [5.74, 6) is 0.349. The number of rotatable bonds is 5. The third-order valence-electron chi connectivity index (χ3n) is 1.35. The molecule has 0 saturated heterocycles. The molecule has 0 rings (SSSR count). The molecule has 0 aliphatic carbocycles. The first kappa shape index (κ1) is 9.76. The van der Waals surface area contributed by atoms with E-state index in [1.165, 1.54) is 0 Å². The summed E-state index contributed by atoms with van der Waals surface area (Å²) in [5, 5.41) is 8.27. The SMILES string of the molecule is CC(CCl)CCCC(=O)O. The molecule has 0 aliphatic heterocycles. The van der Waals surface area contributed by atoms with Gasteiger partial charge in [-0.25, -0.2) is 0 Å². The van der Waals surface area contributed by atoms with E-state index < -0.39 is 5.97 Å². The van der Waals surface area contributed by atoms with E-state index in [4.69, 9.17) is 16.7 Å². The number of carboxylic acids is 1. The van der Waals surface area contributed by atoms with Crippen molar-refractivity contribution >= 4 is 17.6 Å². The van der Waals surface area contributed by atoms with Crippen LogP contribution < -0.4 is 0 Å². The van der Waals surface area contributed by atoms with Gasteiger partial charge in [0.05, 0.1) is 0 Å². The van der Waals surface area contributed by atoms with Crippen LogP contribution >= 0.6 is 11.6 Å². The van der Waals surface area contributed by atoms with Crippen LogP contribution in [-0.2, 0) is 4.79 Å². The van der Waals surface area contributed by atoms with Gasteiger partial charge < -0.3 is 5.11 Å². The molecule has 3 heteroatoms. The lowest BCUT2D eigenvalue weighted by Crippen LogP contribution is -1.99. The molecule has 0 spiro atoms. The van der Waals surface area contributed by atoms with Crippen LogP contribution in [-0.4, -0.2) is 17.0 Å². The van der Waals surface area contributed by atoms with Gasteiger partial charge in [0.1, 0.15) is 0 Å². The van der Waals surface area contributed by atoms with Gasteiger partial charge in [0, 0.05) is 12.3 Å². The van der Waals surface area contributed by atoms with E-state index in [-0.39, 0.29) is 6.42 Å². The number of alkyl halides is 1. The number of halogens is 1. The first-order chi connectivity index (χ1) is 4.66. The Morgan fingerprint density at radius 2 is 2.30 bits per heavy atom. The van der Waals surface area contributed by atoms with Gasteiger partial charge in [-0.05, 0) is 18.8 Å². The Morgan fingerprint density at radius 3 is 2.70 bits per heavy atom. The molecular weight excluding hydrogens is 152 g/mol. The van der Waals surface area contributed by atoms with Crippen LogP contribution in [0.2, 0.25) is 0 Å². The van der Waals surface area contributed by atoms with Crippen LogP contribution in [0.3, 0.4) is 0 Å². The van der Waals surface area contributed by atoms with Crippen LogP contribution in [0, 0.1) is 5.92 Å². The van der Waals surface area contributed by atoms with Crippen molar-refractivity contribution in [2.45, 2.75) is 26.2 Å². The minimum absolute atomic E-state index is 0.265. The van der Waals surface area contributed by atoms with Gasteiger partial charge in [0.2, 0.25) is 0 Å². The van der Waals surface area contributed by atoms with E-state index in [9.17, 15) is 4.79 Å². The smallest absolute Gasteiger partial charge is 0.303 e. The van der Waals surface area contributed by atoms with Gasteiger partial charge in [-0.15, -0.1) is 11.6 Å². The highest BCUT2D eigenvalue weighted by Crippen LogP contribution is 2.08. The molecule has 1 N–H and O–H groups in total. The van der Waals surface area contributed by atoms with E-state index in [2.05, 4.69) is 0 Å². The molecule has 0 heterocycles. The third-order valence-corrected chi connectivity index (χ3v) is 1.88. The topological polar surface area (TPSA) is 37.3 Å². The molecule has 10 heavy (non-hydrogen) atoms. The molecule has 0 radical (unpaired) electrons. The molecule has 60 valence electrons. The third kappa shape index (κ3) is 5.89. The molecule has 0 aliphatic rings. The summed E-state index contributed by atoms with van der Waals surface area (Å²) in [6.45, 7) is 2.02. The summed E-state index contributed by atoms with van der Waals surface area (Å²) in [6, 6.07) is 0. The quantitative estimate of drug-likeness (QED) is 0.632. The number of aliphatic carboxylic acids is 1. The maximum atomic E-state index is 10.0. The van der Waals surface area contributed by atoms with Gasteiger partial charge in [-0.3, -0.25) is 4.79 Å². The summed E-state index contributed by atoms with van der Waals surface area (Å²) in [4.78, 5) is 10.0. The van der Waals surface area contributed by atoms with E-state index in [0.717, 1.165) is 12.8 Å². The lowest BCUT2D eigenvalue weighted by Gasteiger charge is -2.03. The fourth-order valence-corrected chi connectivity index (χ4v) is 0.833. The average molecular weight is 165 g/mol. The minimum atomic E-state index is -0.721. The van der Waals surface area contributed by atoms with Crippen molar-refractivity contribution in [2.24, 2.45) is 5.92 Å². The van der Waals surface area contributed by atoms with Crippen LogP contribution in [0.1, 0.15) is 26.2 Å². The van der Waals surface area contributed by atoms with Gasteiger partial charge in [-0.1, -0.05) is 6.92 Å². The number of hydrogen-bond acceptors (Lipinski definition) is 1. The molecule has 1 unspecified atom stereocenters. The lowest BCUT2D eigenvalue weighted by atomic mass is 10.1. The normalized spacial score (nSPS) is 13.0. The predicted octanol–water partition coefficient (Wildman–Crippen LogP) is 2.12. The van der Waals surface area contributed by atoms with Crippen molar-refractivity contribution < 1.29 is 9.90 Å². The van der Waals surface area contributed by atoms with Crippen LogP contribution in [0.4, 0.5) is 0 Å². The number of carbonyl (C=O) groups is 1. The molecule has 0 aromatic carbocycles. The summed E-state index contributed by atoms with van der Waals surface area (Å²) in [5.41, 5.74) is 0. The summed E-state index contributed by atoms with van der Waals surface area (Å²) in [7, 11) is 0. The Morgan fingerprint density at radius 1 is 1.70 bits per heavy atom. The van der Waals surface area contributed by atoms with Crippen molar-refractivity contribution in [1.29, 1.82) is 0 Å². The molecular formula is C7H13ClO2. The zero-order valence-corrected chi connectivity index (χ0v) is 6.90. The highest BCUT2D eigenvalue weighted by molar-refractivity contribution is 6.18. The van der Waals surface area contributed by atoms with Crippen LogP contribution in [0.25, 0.3) is 0 Å². The Balaban J connectivity index is 3.11. The first-order valence-electron chi connectivity index (χ1n) is 3.44. The molecule has 0 saturated carbocycles. The molecule has 0 fully saturated rings. The average Bonchev–Trinajstić information content (AvgIpc) is 1.87. The number of carboxylic acid groups (broad SMARTS) is 1. The molecule has 1 atom stereocenters.